The van der Waals surface area contributed by atoms with Gasteiger partial charge in [-0.1, -0.05) is 83.1 Å². The Balaban J connectivity index is 5.88. The fraction of sp³-hybridized carbons (Fsp3) is 0.806. The zero-order chi connectivity index (χ0) is 34.6. The fourth-order valence-corrected chi connectivity index (χ4v) is 3.63. The first-order valence-corrected chi connectivity index (χ1v) is 15.0. The highest BCUT2D eigenvalue weighted by Crippen LogP contribution is 2.21. The molecule has 0 amide bonds. The Bertz CT molecular complexity index is 983. The molecule has 0 bridgehead atoms. The lowest BCUT2D eigenvalue weighted by atomic mass is 10.0. The van der Waals surface area contributed by atoms with Crippen molar-refractivity contribution in [3.8, 4) is 0 Å². The summed E-state index contributed by atoms with van der Waals surface area (Å²) in [6.45, 7) is 19.2. The van der Waals surface area contributed by atoms with Gasteiger partial charge < -0.3 is 33.5 Å². The van der Waals surface area contributed by atoms with Crippen LogP contribution >= 0.6 is 0 Å². The molecule has 0 saturated heterocycles. The lowest BCUT2D eigenvalue weighted by molar-refractivity contribution is -0.196. The summed E-state index contributed by atoms with van der Waals surface area (Å²) in [5.41, 5.74) is 0. The molecular weight excluding hydrogens is 580 g/mol. The Morgan fingerprint density at radius 2 is 0.568 bits per heavy atom. The smallest absolute Gasteiger partial charge is 0.348 e. The SMILES string of the molecule is COC(=O)C(OC(=O)C(OC(=O)C(OC(=O)C(OC(=O)C(OC(=O)C(O)C(C)C)C(C)C)C(C)C)C(C)C)C(C)C)C(C)C. The Kier molecular flexibility index (Phi) is 17.2. The van der Waals surface area contributed by atoms with E-state index in [4.69, 9.17) is 28.4 Å². The van der Waals surface area contributed by atoms with E-state index in [1.165, 1.54) is 0 Å². The largest absolute Gasteiger partial charge is 0.466 e. The normalized spacial score (nSPS) is 15.8. The number of esters is 6. The number of ether oxygens (including phenoxy) is 6. The fourth-order valence-electron chi connectivity index (χ4n) is 3.63. The summed E-state index contributed by atoms with van der Waals surface area (Å²) >= 11 is 0. The summed E-state index contributed by atoms with van der Waals surface area (Å²) < 4.78 is 31.5. The first kappa shape index (κ1) is 40.8. The minimum absolute atomic E-state index is 0.422. The Labute approximate surface area is 260 Å². The molecule has 0 aromatic rings. The molecule has 6 atom stereocenters. The van der Waals surface area contributed by atoms with Crippen LogP contribution in [-0.4, -0.2) is 84.7 Å². The first-order chi connectivity index (χ1) is 20.2. The number of hydrogen-bond acceptors (Lipinski definition) is 13. The van der Waals surface area contributed by atoms with E-state index in [0.717, 1.165) is 7.11 Å². The zero-order valence-corrected chi connectivity index (χ0v) is 28.3. The van der Waals surface area contributed by atoms with Crippen molar-refractivity contribution >= 4 is 35.8 Å². The molecule has 0 fully saturated rings. The van der Waals surface area contributed by atoms with E-state index in [0.29, 0.717) is 0 Å². The highest BCUT2D eigenvalue weighted by molar-refractivity contribution is 5.87. The van der Waals surface area contributed by atoms with Crippen molar-refractivity contribution in [2.75, 3.05) is 7.11 Å². The zero-order valence-electron chi connectivity index (χ0n) is 28.3. The molecule has 44 heavy (non-hydrogen) atoms. The van der Waals surface area contributed by atoms with E-state index >= 15 is 0 Å². The lowest BCUT2D eigenvalue weighted by Crippen LogP contribution is -2.46. The number of carbonyl (C=O) groups is 6. The maximum absolute atomic E-state index is 13.2. The number of aliphatic hydroxyl groups excluding tert-OH is 1. The molecule has 0 radical (unpaired) electrons. The molecular formula is C31H52O13. The molecule has 0 spiro atoms. The highest BCUT2D eigenvalue weighted by Gasteiger charge is 2.41. The van der Waals surface area contributed by atoms with Crippen LogP contribution in [-0.2, 0) is 57.2 Å². The van der Waals surface area contributed by atoms with Gasteiger partial charge in [-0.3, -0.25) is 0 Å². The summed E-state index contributed by atoms with van der Waals surface area (Å²) in [6, 6.07) is 0. The Morgan fingerprint density at radius 1 is 0.364 bits per heavy atom. The van der Waals surface area contributed by atoms with Gasteiger partial charge in [-0.2, -0.15) is 0 Å². The predicted octanol–water partition coefficient (Wildman–Crippen LogP) is 3.02. The van der Waals surface area contributed by atoms with Crippen molar-refractivity contribution in [3.05, 3.63) is 0 Å². The van der Waals surface area contributed by atoms with Crippen LogP contribution < -0.4 is 0 Å². The van der Waals surface area contributed by atoms with Crippen molar-refractivity contribution in [1.29, 1.82) is 0 Å². The maximum atomic E-state index is 13.2. The third kappa shape index (κ3) is 12.4. The van der Waals surface area contributed by atoms with Crippen LogP contribution in [0.2, 0.25) is 0 Å². The van der Waals surface area contributed by atoms with Gasteiger partial charge in [0, 0.05) is 29.6 Å². The lowest BCUT2D eigenvalue weighted by Gasteiger charge is -2.29. The molecule has 6 unspecified atom stereocenters. The van der Waals surface area contributed by atoms with Gasteiger partial charge in [0.15, 0.2) is 6.10 Å². The summed E-state index contributed by atoms with van der Waals surface area (Å²) in [5.74, 6) is -9.15. The molecule has 0 aliphatic heterocycles. The van der Waals surface area contributed by atoms with E-state index < -0.39 is 108 Å². The van der Waals surface area contributed by atoms with Crippen molar-refractivity contribution in [2.24, 2.45) is 35.5 Å². The third-order valence-corrected chi connectivity index (χ3v) is 6.48. The number of hydrogen-bond donors (Lipinski definition) is 1. The second-order valence-corrected chi connectivity index (χ2v) is 12.7. The number of rotatable bonds is 17. The van der Waals surface area contributed by atoms with Gasteiger partial charge >= 0.3 is 35.8 Å². The quantitative estimate of drug-likeness (QED) is 0.183. The van der Waals surface area contributed by atoms with Gasteiger partial charge in [-0.05, 0) is 5.92 Å². The second kappa shape index (κ2) is 18.6. The van der Waals surface area contributed by atoms with E-state index in [1.807, 2.05) is 0 Å². The van der Waals surface area contributed by atoms with Gasteiger partial charge in [0.25, 0.3) is 0 Å². The van der Waals surface area contributed by atoms with E-state index in [1.54, 1.807) is 83.1 Å². The van der Waals surface area contributed by atoms with Crippen LogP contribution in [0.3, 0.4) is 0 Å². The van der Waals surface area contributed by atoms with Gasteiger partial charge in [-0.15, -0.1) is 0 Å². The summed E-state index contributed by atoms with van der Waals surface area (Å²) in [5, 5.41) is 10.0. The van der Waals surface area contributed by atoms with E-state index in [9.17, 15) is 33.9 Å². The summed E-state index contributed by atoms with van der Waals surface area (Å²) in [7, 11) is 1.15. The topological polar surface area (TPSA) is 178 Å². The summed E-state index contributed by atoms with van der Waals surface area (Å²) in [4.78, 5) is 76.8. The standard InChI is InChI=1S/C31H52O13/c1-14(2)20(32)26(33)40-22(16(5)6)28(35)42-24(18(9)10)30(37)44-25(19(11)12)31(38)43-23(17(7)8)29(36)41-21(15(3)4)27(34)39-13/h14-25,32H,1-13H3. The average molecular weight is 633 g/mol. The van der Waals surface area contributed by atoms with Crippen LogP contribution in [0.15, 0.2) is 0 Å². The molecule has 13 heteroatoms. The molecule has 0 aromatic carbocycles. The molecule has 0 rings (SSSR count). The van der Waals surface area contributed by atoms with Gasteiger partial charge in [0.1, 0.15) is 0 Å². The van der Waals surface area contributed by atoms with Gasteiger partial charge in [-0.25, -0.2) is 28.8 Å². The van der Waals surface area contributed by atoms with Crippen molar-refractivity contribution in [3.63, 3.8) is 0 Å². The maximum Gasteiger partial charge on any atom is 0.348 e. The Morgan fingerprint density at radius 3 is 0.750 bits per heavy atom. The molecule has 254 valence electrons. The minimum Gasteiger partial charge on any atom is -0.466 e. The third-order valence-electron chi connectivity index (χ3n) is 6.48. The number of methoxy groups -OCH3 is 1. The summed E-state index contributed by atoms with van der Waals surface area (Å²) in [6.07, 6.45) is -8.54. The van der Waals surface area contributed by atoms with Crippen LogP contribution in [0.25, 0.3) is 0 Å². The van der Waals surface area contributed by atoms with Gasteiger partial charge in [0.05, 0.1) is 7.11 Å². The number of carbonyl (C=O) groups excluding carboxylic acids is 6. The van der Waals surface area contributed by atoms with Crippen molar-refractivity contribution in [1.82, 2.24) is 0 Å². The second-order valence-electron chi connectivity index (χ2n) is 12.7. The predicted molar refractivity (Wildman–Crippen MR) is 156 cm³/mol. The molecule has 0 heterocycles. The number of aliphatic hydroxyl groups is 1. The minimum atomic E-state index is -1.50. The Hall–Kier alpha value is -3.22. The van der Waals surface area contributed by atoms with Crippen LogP contribution in [0.5, 0.6) is 0 Å². The molecule has 0 aliphatic rings. The van der Waals surface area contributed by atoms with Crippen LogP contribution in [0.4, 0.5) is 0 Å². The molecule has 0 aliphatic carbocycles. The molecule has 13 nitrogen and oxygen atoms in total. The molecule has 1 N–H and O–H groups in total. The highest BCUT2D eigenvalue weighted by atomic mass is 16.6. The first-order valence-electron chi connectivity index (χ1n) is 15.0. The van der Waals surface area contributed by atoms with Crippen LogP contribution in [0, 0.1) is 35.5 Å². The van der Waals surface area contributed by atoms with Crippen molar-refractivity contribution < 1.29 is 62.3 Å². The van der Waals surface area contributed by atoms with E-state index in [-0.39, 0.29) is 0 Å². The monoisotopic (exact) mass is 632 g/mol. The molecule has 0 saturated carbocycles. The average Bonchev–Trinajstić information content (AvgIpc) is 2.92. The van der Waals surface area contributed by atoms with E-state index in [2.05, 4.69) is 0 Å². The van der Waals surface area contributed by atoms with Gasteiger partial charge in [0.2, 0.25) is 30.5 Å². The van der Waals surface area contributed by atoms with Crippen molar-refractivity contribution in [2.45, 2.75) is 120 Å². The van der Waals surface area contributed by atoms with Crippen LogP contribution in [0.1, 0.15) is 83.1 Å². The molecule has 0 aromatic heterocycles.